The number of terminal acetylenes is 1. The maximum Gasteiger partial charge on any atom is 0.143 e. The average molecular weight is 280 g/mol. The Labute approximate surface area is 117 Å². The van der Waals surface area contributed by atoms with Crippen LogP contribution in [0.5, 0.6) is 5.75 Å². The van der Waals surface area contributed by atoms with Crippen molar-refractivity contribution in [3.8, 4) is 18.1 Å². The molecule has 19 heavy (non-hydrogen) atoms. The van der Waals surface area contributed by atoms with Gasteiger partial charge in [0, 0.05) is 28.5 Å². The van der Waals surface area contributed by atoms with Crippen LogP contribution in [0.2, 0.25) is 0 Å². The Morgan fingerprint density at radius 1 is 1.47 bits per heavy atom. The third-order valence-electron chi connectivity index (χ3n) is 2.46. The average Bonchev–Trinajstić information content (AvgIpc) is 2.36. The first-order chi connectivity index (χ1) is 9.04. The highest BCUT2D eigenvalue weighted by molar-refractivity contribution is 7.84. The van der Waals surface area contributed by atoms with Crippen molar-refractivity contribution in [1.82, 2.24) is 4.90 Å². The van der Waals surface area contributed by atoms with Crippen LogP contribution in [0.25, 0.3) is 0 Å². The second-order valence-electron chi connectivity index (χ2n) is 4.32. The third kappa shape index (κ3) is 5.33. The number of hydrogen-bond acceptors (Lipinski definition) is 4. The Morgan fingerprint density at radius 2 is 2.21 bits per heavy atom. The number of rotatable bonds is 7. The van der Waals surface area contributed by atoms with Crippen molar-refractivity contribution < 1.29 is 8.95 Å². The molecule has 1 rings (SSSR count). The van der Waals surface area contributed by atoms with Crippen LogP contribution in [0.15, 0.2) is 23.1 Å². The normalized spacial score (nSPS) is 11.9. The summed E-state index contributed by atoms with van der Waals surface area (Å²) in [7, 11) is 2.94. The van der Waals surface area contributed by atoms with Crippen molar-refractivity contribution in [1.29, 1.82) is 0 Å². The Morgan fingerprint density at radius 3 is 2.79 bits per heavy atom. The Balaban J connectivity index is 2.84. The smallest absolute Gasteiger partial charge is 0.143 e. The van der Waals surface area contributed by atoms with Gasteiger partial charge in [-0.05, 0) is 32.3 Å². The summed E-state index contributed by atoms with van der Waals surface area (Å²) in [4.78, 5) is 2.78. The highest BCUT2D eigenvalue weighted by Crippen LogP contribution is 2.27. The van der Waals surface area contributed by atoms with E-state index in [1.807, 2.05) is 31.1 Å². The fraction of sp³-hybridized carbons (Fsp3) is 0.429. The number of ether oxygens (including phenoxy) is 1. The molecule has 0 aliphatic carbocycles. The number of hydrogen-bond donors (Lipinski definition) is 1. The fourth-order valence-electron chi connectivity index (χ4n) is 1.43. The van der Waals surface area contributed by atoms with Gasteiger partial charge in [0.25, 0.3) is 0 Å². The van der Waals surface area contributed by atoms with Gasteiger partial charge in [-0.25, -0.2) is 0 Å². The summed E-state index contributed by atoms with van der Waals surface area (Å²) in [5.41, 5.74) is 0.825. The molecule has 0 bridgehead atoms. The van der Waals surface area contributed by atoms with Crippen molar-refractivity contribution in [2.24, 2.45) is 0 Å². The van der Waals surface area contributed by atoms with Crippen molar-refractivity contribution >= 4 is 16.5 Å². The van der Waals surface area contributed by atoms with Gasteiger partial charge in [0.1, 0.15) is 12.4 Å². The highest BCUT2D eigenvalue weighted by atomic mass is 32.2. The van der Waals surface area contributed by atoms with Gasteiger partial charge < -0.3 is 15.0 Å². The van der Waals surface area contributed by atoms with E-state index >= 15 is 0 Å². The summed E-state index contributed by atoms with van der Waals surface area (Å²) < 4.78 is 17.2. The van der Waals surface area contributed by atoms with E-state index in [4.69, 9.17) is 11.2 Å². The molecule has 0 saturated carbocycles. The molecular weight excluding hydrogens is 260 g/mol. The van der Waals surface area contributed by atoms with E-state index in [-0.39, 0.29) is 0 Å². The number of anilines is 1. The van der Waals surface area contributed by atoms with Crippen LogP contribution in [0.4, 0.5) is 5.69 Å². The SMILES string of the molecule is C#CCNc1ccc(S(C)=O)cc1OCCN(C)C. The van der Waals surface area contributed by atoms with E-state index in [1.54, 1.807) is 12.3 Å². The van der Waals surface area contributed by atoms with E-state index < -0.39 is 10.8 Å². The molecule has 0 aliphatic heterocycles. The Hall–Kier alpha value is -1.51. The molecule has 1 aromatic carbocycles. The van der Waals surface area contributed by atoms with Gasteiger partial charge in [-0.2, -0.15) is 0 Å². The molecule has 0 spiro atoms. The van der Waals surface area contributed by atoms with Gasteiger partial charge in [-0.15, -0.1) is 6.42 Å². The fourth-order valence-corrected chi connectivity index (χ4v) is 1.96. The summed E-state index contributed by atoms with van der Waals surface area (Å²) in [6.07, 6.45) is 6.88. The third-order valence-corrected chi connectivity index (χ3v) is 3.38. The lowest BCUT2D eigenvalue weighted by molar-refractivity contribution is 0.262. The number of likely N-dealkylation sites (N-methyl/N-ethyl adjacent to an activating group) is 1. The summed E-state index contributed by atoms with van der Waals surface area (Å²) in [6.45, 7) is 1.81. The molecular formula is C14H20N2O2S. The molecule has 0 saturated heterocycles. The molecule has 0 aromatic heterocycles. The predicted octanol–water partition coefficient (Wildman–Crippen LogP) is 1.41. The Bertz CT molecular complexity index is 481. The summed E-state index contributed by atoms with van der Waals surface area (Å²) in [5, 5.41) is 3.09. The van der Waals surface area contributed by atoms with Crippen LogP contribution >= 0.6 is 0 Å². The van der Waals surface area contributed by atoms with Crippen LogP contribution in [-0.2, 0) is 10.8 Å². The molecule has 1 N–H and O–H groups in total. The topological polar surface area (TPSA) is 41.6 Å². The molecule has 5 heteroatoms. The van der Waals surface area contributed by atoms with Gasteiger partial charge >= 0.3 is 0 Å². The summed E-state index contributed by atoms with van der Waals surface area (Å²) in [6, 6.07) is 5.46. The second-order valence-corrected chi connectivity index (χ2v) is 5.70. The molecule has 1 atom stereocenters. The molecule has 0 heterocycles. The second kappa shape index (κ2) is 7.82. The number of nitrogens with zero attached hydrogens (tertiary/aromatic N) is 1. The van der Waals surface area contributed by atoms with E-state index in [2.05, 4.69) is 11.2 Å². The van der Waals surface area contributed by atoms with E-state index in [1.165, 1.54) is 0 Å². The summed E-state index contributed by atoms with van der Waals surface area (Å²) in [5.74, 6) is 3.21. The first kappa shape index (κ1) is 15.5. The van der Waals surface area contributed by atoms with E-state index in [0.29, 0.717) is 18.9 Å². The highest BCUT2D eigenvalue weighted by Gasteiger charge is 2.07. The van der Waals surface area contributed by atoms with Crippen molar-refractivity contribution in [2.45, 2.75) is 4.90 Å². The minimum atomic E-state index is -1.03. The molecule has 104 valence electrons. The van der Waals surface area contributed by atoms with Crippen LogP contribution < -0.4 is 10.1 Å². The van der Waals surface area contributed by atoms with E-state index in [0.717, 1.165) is 17.1 Å². The molecule has 1 aromatic rings. The molecule has 0 amide bonds. The van der Waals surface area contributed by atoms with Crippen molar-refractivity contribution in [2.75, 3.05) is 45.4 Å². The molecule has 4 nitrogen and oxygen atoms in total. The zero-order valence-electron chi connectivity index (χ0n) is 11.6. The molecule has 1 unspecified atom stereocenters. The maximum absolute atomic E-state index is 11.5. The van der Waals surface area contributed by atoms with Crippen molar-refractivity contribution in [3.63, 3.8) is 0 Å². The van der Waals surface area contributed by atoms with Crippen LogP contribution in [-0.4, -0.2) is 49.2 Å². The minimum absolute atomic E-state index is 0.429. The number of benzene rings is 1. The van der Waals surface area contributed by atoms with E-state index in [9.17, 15) is 4.21 Å². The summed E-state index contributed by atoms with van der Waals surface area (Å²) >= 11 is 0. The first-order valence-corrected chi connectivity index (χ1v) is 7.52. The van der Waals surface area contributed by atoms with Gasteiger partial charge in [0.15, 0.2) is 0 Å². The monoisotopic (exact) mass is 280 g/mol. The van der Waals surface area contributed by atoms with Crippen LogP contribution in [0.3, 0.4) is 0 Å². The maximum atomic E-state index is 11.5. The largest absolute Gasteiger partial charge is 0.490 e. The zero-order valence-corrected chi connectivity index (χ0v) is 12.4. The van der Waals surface area contributed by atoms with Crippen molar-refractivity contribution in [3.05, 3.63) is 18.2 Å². The van der Waals surface area contributed by atoms with Gasteiger partial charge in [0.05, 0.1) is 12.2 Å². The van der Waals surface area contributed by atoms with Gasteiger partial charge in [-0.3, -0.25) is 4.21 Å². The van der Waals surface area contributed by atoms with Gasteiger partial charge in [-0.1, -0.05) is 5.92 Å². The lowest BCUT2D eigenvalue weighted by atomic mass is 10.3. The van der Waals surface area contributed by atoms with Crippen LogP contribution in [0, 0.1) is 12.3 Å². The Kier molecular flexibility index (Phi) is 6.40. The zero-order chi connectivity index (χ0) is 14.3. The number of nitrogens with one attached hydrogen (secondary N) is 1. The molecule has 0 fully saturated rings. The minimum Gasteiger partial charge on any atom is -0.490 e. The lowest BCUT2D eigenvalue weighted by Crippen LogP contribution is -2.19. The quantitative estimate of drug-likeness (QED) is 0.767. The van der Waals surface area contributed by atoms with Crippen LogP contribution in [0.1, 0.15) is 0 Å². The standard InChI is InChI=1S/C14H20N2O2S/c1-5-8-15-13-7-6-12(19(4)17)11-14(13)18-10-9-16(2)3/h1,6-7,11,15H,8-10H2,2-4H3. The lowest BCUT2D eigenvalue weighted by Gasteiger charge is -2.15. The molecule has 0 aliphatic rings. The predicted molar refractivity (Wildman–Crippen MR) is 80.1 cm³/mol. The molecule has 0 radical (unpaired) electrons. The van der Waals surface area contributed by atoms with Gasteiger partial charge in [0.2, 0.25) is 0 Å². The first-order valence-electron chi connectivity index (χ1n) is 5.97.